The van der Waals surface area contributed by atoms with Gasteiger partial charge in [-0.1, -0.05) is 115 Å². The molecule has 71 heavy (non-hydrogen) atoms. The molecule has 4 N–H and O–H groups in total. The van der Waals surface area contributed by atoms with Gasteiger partial charge in [-0.05, 0) is 162 Å². The Morgan fingerprint density at radius 2 is 0.972 bits per heavy atom. The lowest BCUT2D eigenvalue weighted by Gasteiger charge is -2.32. The van der Waals surface area contributed by atoms with E-state index in [1.165, 1.54) is 68.3 Å². The zero-order chi connectivity index (χ0) is 48.6. The molecule has 2 saturated heterocycles. The van der Waals surface area contributed by atoms with Crippen LogP contribution in [0.4, 0.5) is 22.7 Å². The smallest absolute Gasteiger partial charge is 0.251 e. The number of carbonyl (C=O) groups is 1. The third-order valence-electron chi connectivity index (χ3n) is 14.1. The van der Waals surface area contributed by atoms with Gasteiger partial charge in [0.05, 0.1) is 11.0 Å². The number of benzene rings is 6. The van der Waals surface area contributed by atoms with Gasteiger partial charge in [0.15, 0.2) is 0 Å². The van der Waals surface area contributed by atoms with E-state index >= 15 is 0 Å². The number of hydrogen-bond acceptors (Lipinski definition) is 8. The topological polar surface area (TPSA) is 97.5 Å². The second kappa shape index (κ2) is 24.8. The number of fused-ring (bicyclic) bond motifs is 2. The molecule has 9 nitrogen and oxygen atoms in total. The Hall–Kier alpha value is -6.91. The van der Waals surface area contributed by atoms with Gasteiger partial charge in [0, 0.05) is 83.2 Å². The highest BCUT2D eigenvalue weighted by Crippen LogP contribution is 2.29. The number of rotatable bonds is 17. The van der Waals surface area contributed by atoms with Gasteiger partial charge in [0.25, 0.3) is 5.91 Å². The number of amides is 1. The highest BCUT2D eigenvalue weighted by molar-refractivity contribution is 5.97. The number of piperidine rings is 2. The zero-order valence-corrected chi connectivity index (χ0v) is 41.6. The maximum atomic E-state index is 12.8. The second-order valence-electron chi connectivity index (χ2n) is 19.6. The molecule has 4 heterocycles. The summed E-state index contributed by atoms with van der Waals surface area (Å²) in [5.74, 6) is 1.56. The van der Waals surface area contributed by atoms with E-state index in [1.807, 2.05) is 68.4 Å². The van der Waals surface area contributed by atoms with Gasteiger partial charge < -0.3 is 31.1 Å². The molecule has 364 valence electrons. The number of aromatic nitrogens is 2. The number of aryl methyl sites for hydroxylation is 2. The monoisotopic (exact) mass is 943 g/mol. The number of nitrogens with one attached hydrogen (secondary N) is 4. The first-order valence-electron chi connectivity index (χ1n) is 25.8. The normalized spacial score (nSPS) is 14.7. The maximum absolute atomic E-state index is 12.8. The van der Waals surface area contributed by atoms with Gasteiger partial charge in [-0.15, -0.1) is 0 Å². The molecule has 2 fully saturated rings. The van der Waals surface area contributed by atoms with Crippen LogP contribution in [-0.2, 0) is 19.4 Å². The predicted octanol–water partition coefficient (Wildman–Crippen LogP) is 12.3. The molecule has 2 aromatic heterocycles. The highest BCUT2D eigenvalue weighted by atomic mass is 16.1. The molecule has 0 atom stereocenters. The molecule has 0 bridgehead atoms. The van der Waals surface area contributed by atoms with Crippen LogP contribution in [0.1, 0.15) is 64.1 Å². The third-order valence-corrected chi connectivity index (χ3v) is 14.1. The summed E-state index contributed by atoms with van der Waals surface area (Å²) in [7, 11) is 0. The standard InChI is InChI=1S/C31H34N4O.C31H36N4/c1-23-20-30(28-12-5-6-13-29(28)33-23)34-27-11-7-10-26(22-27)31(36)32-16-19-35-17-14-25(15-18-35)21-24-8-3-2-4-9-24;1-24-20-31(29-12-5-6-13-30(29)33-24)34-28-11-7-10-27(22-28)23-32-16-19-35-17-14-26(15-18-35)21-25-8-3-2-4-9-25/h2-13,20,22,25H,14-19,21H2,1H3,(H,32,36)(H,33,34);2-13,20,22,26,32H,14-19,21,23H2,1H3,(H,33,34). The van der Waals surface area contributed by atoms with Crippen molar-refractivity contribution in [3.63, 3.8) is 0 Å². The number of carbonyl (C=O) groups excluding carboxylic acids is 1. The number of hydrogen-bond donors (Lipinski definition) is 4. The summed E-state index contributed by atoms with van der Waals surface area (Å²) in [5.41, 5.74) is 12.9. The van der Waals surface area contributed by atoms with E-state index in [9.17, 15) is 4.79 Å². The van der Waals surface area contributed by atoms with Crippen LogP contribution < -0.4 is 21.3 Å². The summed E-state index contributed by atoms with van der Waals surface area (Å²) in [6.07, 6.45) is 7.47. The summed E-state index contributed by atoms with van der Waals surface area (Å²) in [5, 5.41) is 16.1. The van der Waals surface area contributed by atoms with Gasteiger partial charge in [-0.2, -0.15) is 0 Å². The number of nitrogens with zero attached hydrogens (tertiary/aromatic N) is 4. The summed E-state index contributed by atoms with van der Waals surface area (Å²) >= 11 is 0. The van der Waals surface area contributed by atoms with E-state index in [0.29, 0.717) is 12.1 Å². The van der Waals surface area contributed by atoms with Crippen molar-refractivity contribution in [3.05, 3.63) is 203 Å². The molecule has 2 aliphatic heterocycles. The Kier molecular flexibility index (Phi) is 17.1. The van der Waals surface area contributed by atoms with Crippen LogP contribution in [0.5, 0.6) is 0 Å². The largest absolute Gasteiger partial charge is 0.355 e. The van der Waals surface area contributed by atoms with Crippen LogP contribution >= 0.6 is 0 Å². The molecular weight excluding hydrogens is 873 g/mol. The molecule has 0 aliphatic carbocycles. The second-order valence-corrected chi connectivity index (χ2v) is 19.6. The molecule has 1 amide bonds. The van der Waals surface area contributed by atoms with Gasteiger partial charge in [-0.25, -0.2) is 0 Å². The van der Waals surface area contributed by atoms with Gasteiger partial charge >= 0.3 is 0 Å². The summed E-state index contributed by atoms with van der Waals surface area (Å²) in [4.78, 5) is 27.2. The fourth-order valence-electron chi connectivity index (χ4n) is 10.3. The molecule has 0 radical (unpaired) electrons. The fraction of sp³-hybridized carbons (Fsp3) is 0.306. The SMILES string of the molecule is Cc1cc(Nc2cccc(C(=O)NCCN3CCC(Cc4ccccc4)CC3)c2)c2ccccc2n1.Cc1cc(Nc2cccc(CNCCN3CCC(Cc4ccccc4)CC3)c2)c2ccccc2n1. The van der Waals surface area contributed by atoms with Crippen molar-refractivity contribution in [1.29, 1.82) is 0 Å². The van der Waals surface area contributed by atoms with Crippen molar-refractivity contribution in [2.45, 2.75) is 58.9 Å². The van der Waals surface area contributed by atoms with E-state index in [0.717, 1.165) is 107 Å². The minimum Gasteiger partial charge on any atom is -0.355 e. The van der Waals surface area contributed by atoms with E-state index in [2.05, 4.69) is 156 Å². The Morgan fingerprint density at radius 1 is 0.507 bits per heavy atom. The first-order chi connectivity index (χ1) is 34.9. The number of pyridine rings is 2. The van der Waals surface area contributed by atoms with Crippen molar-refractivity contribution in [2.24, 2.45) is 11.8 Å². The first-order valence-corrected chi connectivity index (χ1v) is 25.8. The molecule has 0 unspecified atom stereocenters. The number of para-hydroxylation sites is 2. The average molecular weight is 943 g/mol. The predicted molar refractivity (Wildman–Crippen MR) is 295 cm³/mol. The molecule has 6 aromatic carbocycles. The molecule has 2 aliphatic rings. The lowest BCUT2D eigenvalue weighted by Crippen LogP contribution is -2.39. The van der Waals surface area contributed by atoms with E-state index in [1.54, 1.807) is 0 Å². The van der Waals surface area contributed by atoms with Crippen LogP contribution in [0.3, 0.4) is 0 Å². The zero-order valence-electron chi connectivity index (χ0n) is 41.6. The Bertz CT molecular complexity index is 2950. The van der Waals surface area contributed by atoms with Crippen molar-refractivity contribution in [1.82, 2.24) is 30.4 Å². The van der Waals surface area contributed by atoms with E-state index < -0.39 is 0 Å². The lowest BCUT2D eigenvalue weighted by atomic mass is 9.90. The van der Waals surface area contributed by atoms with E-state index in [-0.39, 0.29) is 5.91 Å². The Balaban J connectivity index is 0.000000176. The molecule has 10 rings (SSSR count). The lowest BCUT2D eigenvalue weighted by molar-refractivity contribution is 0.0944. The van der Waals surface area contributed by atoms with Crippen LogP contribution in [0, 0.1) is 25.7 Å². The van der Waals surface area contributed by atoms with Crippen LogP contribution in [-0.4, -0.2) is 78.0 Å². The fourth-order valence-corrected chi connectivity index (χ4v) is 10.3. The van der Waals surface area contributed by atoms with E-state index in [4.69, 9.17) is 0 Å². The van der Waals surface area contributed by atoms with Gasteiger partial charge in [0.2, 0.25) is 0 Å². The van der Waals surface area contributed by atoms with Crippen LogP contribution in [0.2, 0.25) is 0 Å². The van der Waals surface area contributed by atoms with Gasteiger partial charge in [-0.3, -0.25) is 14.8 Å². The maximum Gasteiger partial charge on any atom is 0.251 e. The Morgan fingerprint density at radius 3 is 1.52 bits per heavy atom. The number of likely N-dealkylation sites (tertiary alicyclic amines) is 2. The molecule has 0 saturated carbocycles. The van der Waals surface area contributed by atoms with Crippen molar-refractivity contribution in [2.75, 3.05) is 63.0 Å². The average Bonchev–Trinajstić information content (AvgIpc) is 3.39. The summed E-state index contributed by atoms with van der Waals surface area (Å²) in [6, 6.07) is 58.7. The third kappa shape index (κ3) is 14.4. The van der Waals surface area contributed by atoms with Crippen molar-refractivity contribution in [3.8, 4) is 0 Å². The first kappa shape index (κ1) is 49.1. The molecule has 9 heteroatoms. The minimum atomic E-state index is -0.0339. The molecular formula is C62H70N8O. The summed E-state index contributed by atoms with van der Waals surface area (Å²) in [6.45, 7) is 13.3. The molecule has 0 spiro atoms. The van der Waals surface area contributed by atoms with Gasteiger partial charge in [0.1, 0.15) is 0 Å². The summed E-state index contributed by atoms with van der Waals surface area (Å²) < 4.78 is 0. The quantitative estimate of drug-likeness (QED) is 0.0671. The minimum absolute atomic E-state index is 0.0339. The van der Waals surface area contributed by atoms with Crippen molar-refractivity contribution >= 4 is 50.5 Å². The van der Waals surface area contributed by atoms with Crippen LogP contribution in [0.25, 0.3) is 21.8 Å². The number of anilines is 4. The Labute approximate surface area is 421 Å². The molecule has 8 aromatic rings. The highest BCUT2D eigenvalue weighted by Gasteiger charge is 2.21. The van der Waals surface area contributed by atoms with Crippen LogP contribution in [0.15, 0.2) is 170 Å². The van der Waals surface area contributed by atoms with Crippen molar-refractivity contribution < 1.29 is 4.79 Å².